The van der Waals surface area contributed by atoms with Crippen LogP contribution in [0, 0.1) is 12.8 Å². The molecule has 1 aromatic carbocycles. The summed E-state index contributed by atoms with van der Waals surface area (Å²) >= 11 is 0. The molecule has 0 aromatic heterocycles. The van der Waals surface area contributed by atoms with Crippen molar-refractivity contribution in [3.05, 3.63) is 29.8 Å². The summed E-state index contributed by atoms with van der Waals surface area (Å²) in [5.74, 6) is 1.70. The topological polar surface area (TPSA) is 21.3 Å². The van der Waals surface area contributed by atoms with Crippen molar-refractivity contribution in [3.8, 4) is 5.75 Å². The van der Waals surface area contributed by atoms with Gasteiger partial charge in [-0.3, -0.25) is 0 Å². The maximum atomic E-state index is 6.01. The molecule has 0 bridgehead atoms. The normalized spacial score (nSPS) is 19.4. The molecule has 1 aliphatic heterocycles. The lowest BCUT2D eigenvalue weighted by atomic mass is 9.93. The van der Waals surface area contributed by atoms with Crippen molar-refractivity contribution < 1.29 is 4.74 Å². The predicted octanol–water partition coefficient (Wildman–Crippen LogP) is 2.76. The van der Waals surface area contributed by atoms with E-state index in [1.165, 1.54) is 18.4 Å². The van der Waals surface area contributed by atoms with Gasteiger partial charge in [-0.1, -0.05) is 12.1 Å². The van der Waals surface area contributed by atoms with Crippen molar-refractivity contribution in [2.75, 3.05) is 13.1 Å². The van der Waals surface area contributed by atoms with Crippen LogP contribution in [0.1, 0.15) is 25.3 Å². The van der Waals surface area contributed by atoms with Gasteiger partial charge in [0.05, 0.1) is 6.10 Å². The molecule has 0 radical (unpaired) electrons. The molecule has 88 valence electrons. The van der Waals surface area contributed by atoms with Crippen molar-refractivity contribution in [1.82, 2.24) is 5.32 Å². The van der Waals surface area contributed by atoms with Gasteiger partial charge >= 0.3 is 0 Å². The molecule has 1 fully saturated rings. The third-order valence-electron chi connectivity index (χ3n) is 3.36. The van der Waals surface area contributed by atoms with Crippen molar-refractivity contribution in [3.63, 3.8) is 0 Å². The van der Waals surface area contributed by atoms with Gasteiger partial charge in [0.15, 0.2) is 0 Å². The zero-order valence-electron chi connectivity index (χ0n) is 10.2. The van der Waals surface area contributed by atoms with E-state index in [9.17, 15) is 0 Å². The van der Waals surface area contributed by atoms with E-state index in [1.54, 1.807) is 0 Å². The SMILES string of the molecule is Cc1cccc(OC(C)C2CCNCC2)c1. The Morgan fingerprint density at radius 3 is 2.75 bits per heavy atom. The molecule has 0 amide bonds. The Hall–Kier alpha value is -1.02. The van der Waals surface area contributed by atoms with Gasteiger partial charge in [0, 0.05) is 0 Å². The summed E-state index contributed by atoms with van der Waals surface area (Å²) in [7, 11) is 0. The second-order valence-electron chi connectivity index (χ2n) is 4.73. The summed E-state index contributed by atoms with van der Waals surface area (Å²) in [6.45, 7) is 6.55. The van der Waals surface area contributed by atoms with Crippen LogP contribution >= 0.6 is 0 Å². The molecular weight excluding hydrogens is 198 g/mol. The molecule has 1 N–H and O–H groups in total. The lowest BCUT2D eigenvalue weighted by Gasteiger charge is -2.28. The second kappa shape index (κ2) is 5.35. The van der Waals surface area contributed by atoms with Crippen LogP contribution in [-0.2, 0) is 0 Å². The highest BCUT2D eigenvalue weighted by molar-refractivity contribution is 5.27. The molecule has 1 heterocycles. The van der Waals surface area contributed by atoms with E-state index in [0.717, 1.165) is 18.8 Å². The first-order valence-corrected chi connectivity index (χ1v) is 6.20. The fourth-order valence-electron chi connectivity index (χ4n) is 2.31. The molecule has 2 nitrogen and oxygen atoms in total. The van der Waals surface area contributed by atoms with Gasteiger partial charge in [-0.05, 0) is 63.4 Å². The largest absolute Gasteiger partial charge is 0.490 e. The molecule has 1 atom stereocenters. The molecule has 0 aliphatic carbocycles. The Labute approximate surface area is 98.0 Å². The van der Waals surface area contributed by atoms with Crippen LogP contribution in [0.4, 0.5) is 0 Å². The standard InChI is InChI=1S/C14H21NO/c1-11-4-3-5-14(10-11)16-12(2)13-6-8-15-9-7-13/h3-5,10,12-13,15H,6-9H2,1-2H3. The maximum Gasteiger partial charge on any atom is 0.119 e. The van der Waals surface area contributed by atoms with Crippen LogP contribution in [-0.4, -0.2) is 19.2 Å². The number of hydrogen-bond donors (Lipinski definition) is 1. The second-order valence-corrected chi connectivity index (χ2v) is 4.73. The molecule has 1 aromatic rings. The average Bonchev–Trinajstić information content (AvgIpc) is 2.30. The Morgan fingerprint density at radius 2 is 2.06 bits per heavy atom. The molecule has 1 unspecified atom stereocenters. The smallest absolute Gasteiger partial charge is 0.119 e. The summed E-state index contributed by atoms with van der Waals surface area (Å²) in [5.41, 5.74) is 1.26. The third kappa shape index (κ3) is 2.99. The summed E-state index contributed by atoms with van der Waals surface area (Å²) < 4.78 is 6.01. The van der Waals surface area contributed by atoms with Gasteiger partial charge in [-0.2, -0.15) is 0 Å². The van der Waals surface area contributed by atoms with E-state index in [2.05, 4.69) is 37.4 Å². The van der Waals surface area contributed by atoms with Gasteiger partial charge in [0.2, 0.25) is 0 Å². The summed E-state index contributed by atoms with van der Waals surface area (Å²) in [5, 5.41) is 3.39. The quantitative estimate of drug-likeness (QED) is 0.844. The number of benzene rings is 1. The first kappa shape index (κ1) is 11.5. The van der Waals surface area contributed by atoms with Crippen molar-refractivity contribution >= 4 is 0 Å². The molecule has 0 spiro atoms. The highest BCUT2D eigenvalue weighted by atomic mass is 16.5. The predicted molar refractivity (Wildman–Crippen MR) is 66.9 cm³/mol. The van der Waals surface area contributed by atoms with Crippen molar-refractivity contribution in [1.29, 1.82) is 0 Å². The maximum absolute atomic E-state index is 6.01. The fourth-order valence-corrected chi connectivity index (χ4v) is 2.31. The Kier molecular flexibility index (Phi) is 3.83. The molecule has 2 rings (SSSR count). The molecule has 1 saturated heterocycles. The minimum atomic E-state index is 0.323. The fraction of sp³-hybridized carbons (Fsp3) is 0.571. The van der Waals surface area contributed by atoms with Crippen molar-refractivity contribution in [2.24, 2.45) is 5.92 Å². The van der Waals surface area contributed by atoms with Gasteiger partial charge in [-0.25, -0.2) is 0 Å². The van der Waals surface area contributed by atoms with Gasteiger partial charge in [-0.15, -0.1) is 0 Å². The first-order valence-electron chi connectivity index (χ1n) is 6.20. The lowest BCUT2D eigenvalue weighted by Crippen LogP contribution is -2.35. The minimum absolute atomic E-state index is 0.323. The average molecular weight is 219 g/mol. The van der Waals surface area contributed by atoms with E-state index in [0.29, 0.717) is 12.0 Å². The van der Waals surface area contributed by atoms with Crippen LogP contribution in [0.25, 0.3) is 0 Å². The van der Waals surface area contributed by atoms with Gasteiger partial charge in [0.25, 0.3) is 0 Å². The van der Waals surface area contributed by atoms with E-state index in [-0.39, 0.29) is 0 Å². The van der Waals surface area contributed by atoms with Gasteiger partial charge in [0.1, 0.15) is 5.75 Å². The number of aryl methyl sites for hydroxylation is 1. The summed E-state index contributed by atoms with van der Waals surface area (Å²) in [6, 6.07) is 8.31. The van der Waals surface area contributed by atoms with Crippen LogP contribution in [0.15, 0.2) is 24.3 Å². The zero-order chi connectivity index (χ0) is 11.4. The van der Waals surface area contributed by atoms with Gasteiger partial charge < -0.3 is 10.1 Å². The molecule has 0 saturated carbocycles. The number of rotatable bonds is 3. The number of ether oxygens (including phenoxy) is 1. The summed E-state index contributed by atoms with van der Waals surface area (Å²) in [6.07, 6.45) is 2.78. The molecular formula is C14H21NO. The first-order chi connectivity index (χ1) is 7.75. The van der Waals surface area contributed by atoms with Crippen LogP contribution < -0.4 is 10.1 Å². The van der Waals surface area contributed by atoms with E-state index in [1.807, 2.05) is 6.07 Å². The Balaban J connectivity index is 1.93. The van der Waals surface area contributed by atoms with Crippen LogP contribution in [0.3, 0.4) is 0 Å². The van der Waals surface area contributed by atoms with E-state index >= 15 is 0 Å². The monoisotopic (exact) mass is 219 g/mol. The van der Waals surface area contributed by atoms with Crippen molar-refractivity contribution in [2.45, 2.75) is 32.8 Å². The molecule has 1 aliphatic rings. The Bertz CT molecular complexity index is 331. The minimum Gasteiger partial charge on any atom is -0.490 e. The lowest BCUT2D eigenvalue weighted by molar-refractivity contribution is 0.128. The number of piperidine rings is 1. The highest BCUT2D eigenvalue weighted by Gasteiger charge is 2.21. The van der Waals surface area contributed by atoms with Crippen LogP contribution in [0.2, 0.25) is 0 Å². The number of hydrogen-bond acceptors (Lipinski definition) is 2. The van der Waals surface area contributed by atoms with E-state index in [4.69, 9.17) is 4.74 Å². The molecule has 2 heteroatoms. The van der Waals surface area contributed by atoms with E-state index < -0.39 is 0 Å². The zero-order valence-corrected chi connectivity index (χ0v) is 10.2. The molecule has 16 heavy (non-hydrogen) atoms. The highest BCUT2D eigenvalue weighted by Crippen LogP contribution is 2.22. The Morgan fingerprint density at radius 1 is 1.31 bits per heavy atom. The third-order valence-corrected chi connectivity index (χ3v) is 3.36. The number of nitrogens with one attached hydrogen (secondary N) is 1. The summed E-state index contributed by atoms with van der Waals surface area (Å²) in [4.78, 5) is 0. The van der Waals surface area contributed by atoms with Crippen LogP contribution in [0.5, 0.6) is 5.75 Å².